The fraction of sp³-hybridized carbons (Fsp3) is 0.227. The van der Waals surface area contributed by atoms with Crippen LogP contribution in [0.3, 0.4) is 0 Å². The van der Waals surface area contributed by atoms with Gasteiger partial charge in [-0.25, -0.2) is 19.6 Å². The zero-order valence-electron chi connectivity index (χ0n) is 17.4. The highest BCUT2D eigenvalue weighted by Gasteiger charge is 2.62. The number of fused-ring (bicyclic) bond motifs is 2. The van der Waals surface area contributed by atoms with Gasteiger partial charge < -0.3 is 19.4 Å². The molecule has 168 valence electrons. The zero-order chi connectivity index (χ0) is 23.0. The Balaban J connectivity index is 1.48. The maximum Gasteiger partial charge on any atom is 0.377 e. The summed E-state index contributed by atoms with van der Waals surface area (Å²) in [6, 6.07) is 14.9. The molecule has 2 aromatic heterocycles. The number of esters is 2. The molecule has 0 saturated carbocycles. The molecule has 1 aliphatic rings. The van der Waals surface area contributed by atoms with Crippen LogP contribution in [0.2, 0.25) is 0 Å². The molecule has 11 heteroatoms. The zero-order valence-corrected chi connectivity index (χ0v) is 19.0. The third-order valence-electron chi connectivity index (χ3n) is 5.15. The number of imidazole rings is 2. The number of benzene rings is 2. The molecule has 3 heterocycles. The number of cyclic esters (lactones) is 1. The van der Waals surface area contributed by atoms with Gasteiger partial charge in [-0.3, -0.25) is 4.79 Å². The van der Waals surface area contributed by atoms with Gasteiger partial charge in [-0.15, -0.1) is 0 Å². The first-order valence-electron chi connectivity index (χ1n) is 10.1. The van der Waals surface area contributed by atoms with E-state index in [0.717, 1.165) is 28.3 Å². The normalized spacial score (nSPS) is 20.5. The smallest absolute Gasteiger partial charge is 0.377 e. The Hall–Kier alpha value is -3.31. The third kappa shape index (κ3) is 3.87. The average molecular weight is 483 g/mol. The van der Waals surface area contributed by atoms with Crippen LogP contribution in [0.15, 0.2) is 58.8 Å². The number of ketones is 1. The Labute approximate surface area is 196 Å². The molecule has 9 nitrogen and oxygen atoms in total. The van der Waals surface area contributed by atoms with Gasteiger partial charge in [0.25, 0.3) is 5.78 Å². The Morgan fingerprint density at radius 2 is 1.64 bits per heavy atom. The maximum atomic E-state index is 13.1. The van der Waals surface area contributed by atoms with Gasteiger partial charge in [0.2, 0.25) is 5.60 Å². The number of aromatic nitrogens is 4. The number of hydrogen-bond acceptors (Lipinski definition) is 9. The van der Waals surface area contributed by atoms with Crippen LogP contribution in [0.5, 0.6) is 0 Å². The number of carbonyl (C=O) groups is 3. The van der Waals surface area contributed by atoms with E-state index in [1.807, 2.05) is 48.5 Å². The Kier molecular flexibility index (Phi) is 5.59. The number of aromatic amines is 2. The number of carbonyl (C=O) groups excluding carboxylic acids is 3. The quantitative estimate of drug-likeness (QED) is 0.232. The number of H-pyrrole nitrogens is 2. The first-order valence-corrected chi connectivity index (χ1v) is 12.0. The van der Waals surface area contributed by atoms with E-state index in [-0.39, 0.29) is 12.4 Å². The molecule has 2 N–H and O–H groups in total. The van der Waals surface area contributed by atoms with E-state index in [1.54, 1.807) is 6.92 Å². The van der Waals surface area contributed by atoms with Crippen molar-refractivity contribution in [3.63, 3.8) is 0 Å². The SMILES string of the molecule is CCOC(=O)[C@@]1(CSc2nc3ccccc3[nH]2)OC(=O)C(=O)C1Sc1nc2ccccc2[nH]1. The number of para-hydroxylation sites is 4. The van der Waals surface area contributed by atoms with Crippen LogP contribution in [0, 0.1) is 0 Å². The Morgan fingerprint density at radius 1 is 1.03 bits per heavy atom. The summed E-state index contributed by atoms with van der Waals surface area (Å²) in [5.74, 6) is -2.71. The largest absolute Gasteiger partial charge is 0.463 e. The van der Waals surface area contributed by atoms with Crippen molar-refractivity contribution in [3.8, 4) is 0 Å². The first kappa shape index (κ1) is 21.5. The van der Waals surface area contributed by atoms with Crippen molar-refractivity contribution in [3.05, 3.63) is 48.5 Å². The summed E-state index contributed by atoms with van der Waals surface area (Å²) in [6.45, 7) is 1.72. The molecule has 0 bridgehead atoms. The van der Waals surface area contributed by atoms with E-state index in [4.69, 9.17) is 9.47 Å². The molecule has 1 fully saturated rings. The highest BCUT2D eigenvalue weighted by atomic mass is 32.2. The summed E-state index contributed by atoms with van der Waals surface area (Å²) in [6.07, 6.45) is 0. The molecular weight excluding hydrogens is 464 g/mol. The van der Waals surface area contributed by atoms with E-state index in [2.05, 4.69) is 19.9 Å². The Morgan fingerprint density at radius 3 is 2.27 bits per heavy atom. The molecule has 0 spiro atoms. The van der Waals surface area contributed by atoms with Crippen molar-refractivity contribution < 1.29 is 23.9 Å². The predicted molar refractivity (Wildman–Crippen MR) is 123 cm³/mol. The van der Waals surface area contributed by atoms with Crippen molar-refractivity contribution in [2.45, 2.75) is 28.1 Å². The molecule has 2 aromatic carbocycles. The fourth-order valence-electron chi connectivity index (χ4n) is 3.57. The lowest BCUT2D eigenvalue weighted by molar-refractivity contribution is -0.171. The van der Waals surface area contributed by atoms with Crippen LogP contribution in [0.25, 0.3) is 22.1 Å². The minimum Gasteiger partial charge on any atom is -0.463 e. The molecule has 0 amide bonds. The van der Waals surface area contributed by atoms with Crippen LogP contribution in [-0.4, -0.2) is 60.9 Å². The molecule has 5 rings (SSSR count). The topological polar surface area (TPSA) is 127 Å². The number of thioether (sulfide) groups is 2. The fourth-order valence-corrected chi connectivity index (χ4v) is 5.88. The summed E-state index contributed by atoms with van der Waals surface area (Å²) < 4.78 is 10.7. The number of Topliss-reactive ketones (excluding diaryl/α,β-unsaturated/α-hetero) is 1. The molecular formula is C22H18N4O5S2. The van der Waals surface area contributed by atoms with Gasteiger partial charge in [0, 0.05) is 0 Å². The summed E-state index contributed by atoms with van der Waals surface area (Å²) >= 11 is 2.16. The van der Waals surface area contributed by atoms with E-state index in [1.165, 1.54) is 11.8 Å². The van der Waals surface area contributed by atoms with Gasteiger partial charge in [-0.2, -0.15) is 0 Å². The third-order valence-corrected chi connectivity index (χ3v) is 7.43. The number of nitrogens with one attached hydrogen (secondary N) is 2. The maximum absolute atomic E-state index is 13.1. The van der Waals surface area contributed by atoms with Crippen LogP contribution in [-0.2, 0) is 23.9 Å². The summed E-state index contributed by atoms with van der Waals surface area (Å²) in [7, 11) is 0. The van der Waals surface area contributed by atoms with Gasteiger partial charge in [0.15, 0.2) is 10.3 Å². The van der Waals surface area contributed by atoms with Gasteiger partial charge in [0.05, 0.1) is 34.4 Å². The second-order valence-corrected chi connectivity index (χ2v) is 9.33. The average Bonchev–Trinajstić information content (AvgIpc) is 3.48. The highest BCUT2D eigenvalue weighted by molar-refractivity contribution is 8.01. The van der Waals surface area contributed by atoms with Crippen LogP contribution >= 0.6 is 23.5 Å². The summed E-state index contributed by atoms with van der Waals surface area (Å²) in [5, 5.41) is -0.237. The van der Waals surface area contributed by atoms with Crippen LogP contribution in [0.1, 0.15) is 6.92 Å². The Bertz CT molecular complexity index is 1320. The van der Waals surface area contributed by atoms with E-state index in [0.29, 0.717) is 15.8 Å². The van der Waals surface area contributed by atoms with E-state index >= 15 is 0 Å². The van der Waals surface area contributed by atoms with Gasteiger partial charge >= 0.3 is 11.9 Å². The lowest BCUT2D eigenvalue weighted by Crippen LogP contribution is -2.51. The first-order chi connectivity index (χ1) is 16.0. The predicted octanol–water partition coefficient (Wildman–Crippen LogP) is 3.12. The van der Waals surface area contributed by atoms with E-state index in [9.17, 15) is 14.4 Å². The minimum atomic E-state index is -1.82. The highest BCUT2D eigenvalue weighted by Crippen LogP contribution is 2.41. The molecule has 1 unspecified atom stereocenters. The van der Waals surface area contributed by atoms with Gasteiger partial charge in [0.1, 0.15) is 5.25 Å². The molecule has 1 aliphatic heterocycles. The number of nitrogens with zero attached hydrogens (tertiary/aromatic N) is 2. The van der Waals surface area contributed by atoms with Crippen molar-refractivity contribution >= 4 is 63.3 Å². The standard InChI is InChI=1S/C22H18N4O5S2/c1-2-30-19(29)22(11-32-20-23-12-7-3-4-8-13(12)24-20)17(16(27)18(28)31-22)33-21-25-14-9-5-6-10-15(14)26-21/h3-10,17H,2,11H2,1H3,(H,23,24)(H,25,26)/t17?,22-/m0/s1. The minimum absolute atomic E-state index is 0.0545. The molecule has 4 aromatic rings. The van der Waals surface area contributed by atoms with Crippen molar-refractivity contribution in [1.29, 1.82) is 0 Å². The van der Waals surface area contributed by atoms with Crippen LogP contribution in [0.4, 0.5) is 0 Å². The van der Waals surface area contributed by atoms with Gasteiger partial charge in [-0.1, -0.05) is 47.8 Å². The van der Waals surface area contributed by atoms with Gasteiger partial charge in [-0.05, 0) is 31.2 Å². The molecule has 33 heavy (non-hydrogen) atoms. The summed E-state index contributed by atoms with van der Waals surface area (Å²) in [5.41, 5.74) is 1.25. The number of hydrogen-bond donors (Lipinski definition) is 2. The van der Waals surface area contributed by atoms with Crippen molar-refractivity contribution in [2.75, 3.05) is 12.4 Å². The summed E-state index contributed by atoms with van der Waals surface area (Å²) in [4.78, 5) is 53.5. The van der Waals surface area contributed by atoms with Crippen molar-refractivity contribution in [1.82, 2.24) is 19.9 Å². The molecule has 0 aliphatic carbocycles. The molecule has 0 radical (unpaired) electrons. The second kappa shape index (κ2) is 8.56. The monoisotopic (exact) mass is 482 g/mol. The molecule has 1 saturated heterocycles. The lowest BCUT2D eigenvalue weighted by atomic mass is 10.0. The second-order valence-electron chi connectivity index (χ2n) is 7.27. The van der Waals surface area contributed by atoms with E-state index < -0.39 is 28.6 Å². The number of rotatable bonds is 7. The number of ether oxygens (including phenoxy) is 2. The van der Waals surface area contributed by atoms with Crippen LogP contribution < -0.4 is 0 Å². The lowest BCUT2D eigenvalue weighted by Gasteiger charge is -2.28. The molecule has 2 atom stereocenters. The van der Waals surface area contributed by atoms with Crippen molar-refractivity contribution in [2.24, 2.45) is 0 Å².